The van der Waals surface area contributed by atoms with E-state index in [9.17, 15) is 13.2 Å². The number of aliphatic imine (C=N–C) groups is 1. The Morgan fingerprint density at radius 3 is 2.67 bits per heavy atom. The van der Waals surface area contributed by atoms with E-state index in [2.05, 4.69) is 15.6 Å². The molecule has 0 spiro atoms. The molecule has 178 valence electrons. The summed E-state index contributed by atoms with van der Waals surface area (Å²) >= 11 is 0. The van der Waals surface area contributed by atoms with Gasteiger partial charge < -0.3 is 31.6 Å². The molecule has 2 heterocycles. The quantitative estimate of drug-likeness (QED) is 0.494. The van der Waals surface area contributed by atoms with Gasteiger partial charge in [0.05, 0.1) is 36.7 Å². The second-order valence-electron chi connectivity index (χ2n) is 8.56. The number of hydrogen-bond donors (Lipinski definition) is 4. The lowest BCUT2D eigenvalue weighted by atomic mass is 9.80. The van der Waals surface area contributed by atoms with E-state index in [0.29, 0.717) is 47.3 Å². The maximum atomic E-state index is 13.4. The highest BCUT2D eigenvalue weighted by atomic mass is 19.4. The van der Waals surface area contributed by atoms with E-state index in [1.807, 2.05) is 12.1 Å². The minimum absolute atomic E-state index is 0.0171. The maximum Gasteiger partial charge on any atom is 0.416 e. The SMILES string of the molecule is COc1cc2c(cc1N[C@H]1CCOC1)C(N)([C@H](C)c1cc(N)cc(C(F)(F)F)c1)N=C(C)N2. The molecule has 0 aliphatic carbocycles. The molecular formula is C23H28F3N5O2. The van der Waals surface area contributed by atoms with Crippen molar-refractivity contribution in [3.05, 3.63) is 47.0 Å². The van der Waals surface area contributed by atoms with Crippen molar-refractivity contribution in [2.45, 2.75) is 44.1 Å². The van der Waals surface area contributed by atoms with Crippen LogP contribution in [0.4, 0.5) is 30.2 Å². The number of nitrogen functional groups attached to an aromatic ring is 1. The molecule has 2 aromatic carbocycles. The van der Waals surface area contributed by atoms with Crippen molar-refractivity contribution in [2.24, 2.45) is 10.7 Å². The number of anilines is 3. The van der Waals surface area contributed by atoms with Crippen LogP contribution in [-0.2, 0) is 16.6 Å². The number of nitrogens with one attached hydrogen (secondary N) is 2. The number of rotatable bonds is 5. The Morgan fingerprint density at radius 2 is 2.03 bits per heavy atom. The summed E-state index contributed by atoms with van der Waals surface area (Å²) in [7, 11) is 1.57. The molecule has 10 heteroatoms. The average Bonchev–Trinajstić information content (AvgIpc) is 3.25. The van der Waals surface area contributed by atoms with Crippen LogP contribution in [0.2, 0.25) is 0 Å². The lowest BCUT2D eigenvalue weighted by Crippen LogP contribution is -2.44. The Labute approximate surface area is 190 Å². The molecule has 1 unspecified atom stereocenters. The van der Waals surface area contributed by atoms with Gasteiger partial charge in [0, 0.05) is 29.8 Å². The molecule has 0 saturated carbocycles. The van der Waals surface area contributed by atoms with Crippen molar-refractivity contribution in [1.82, 2.24) is 0 Å². The lowest BCUT2D eigenvalue weighted by molar-refractivity contribution is -0.137. The molecule has 0 aromatic heterocycles. The van der Waals surface area contributed by atoms with E-state index in [1.165, 1.54) is 6.07 Å². The highest BCUT2D eigenvalue weighted by Crippen LogP contribution is 2.46. The highest BCUT2D eigenvalue weighted by Gasteiger charge is 2.41. The first-order valence-electron chi connectivity index (χ1n) is 10.7. The van der Waals surface area contributed by atoms with Crippen molar-refractivity contribution >= 4 is 22.9 Å². The number of nitrogens with two attached hydrogens (primary N) is 2. The van der Waals surface area contributed by atoms with Gasteiger partial charge in [-0.2, -0.15) is 13.2 Å². The summed E-state index contributed by atoms with van der Waals surface area (Å²) < 4.78 is 51.3. The predicted molar refractivity (Wildman–Crippen MR) is 123 cm³/mol. The summed E-state index contributed by atoms with van der Waals surface area (Å²) in [6.45, 7) is 4.75. The van der Waals surface area contributed by atoms with Gasteiger partial charge in [0.15, 0.2) is 0 Å². The first-order valence-corrected chi connectivity index (χ1v) is 10.7. The zero-order chi connectivity index (χ0) is 24.0. The third kappa shape index (κ3) is 4.45. The largest absolute Gasteiger partial charge is 0.495 e. The highest BCUT2D eigenvalue weighted by molar-refractivity contribution is 5.97. The summed E-state index contributed by atoms with van der Waals surface area (Å²) in [6, 6.07) is 7.30. The Hall–Kier alpha value is -2.98. The first kappa shape index (κ1) is 23.2. The standard InChI is InChI=1S/C23H28F3N5O2/c1-12(14-6-15(23(24,25)26)8-16(27)7-14)22(28)18-9-20(30-17-4-5-33-11-17)21(32-3)10-19(18)29-13(2)31-22/h6-10,12,17,30H,4-5,11,27-28H2,1-3H3,(H,29,31)/t12-,17+,22?/m1/s1. The van der Waals surface area contributed by atoms with Crippen LogP contribution >= 0.6 is 0 Å². The molecular weight excluding hydrogens is 435 g/mol. The fraction of sp³-hybridized carbons (Fsp3) is 0.435. The van der Waals surface area contributed by atoms with E-state index in [-0.39, 0.29) is 11.7 Å². The van der Waals surface area contributed by atoms with E-state index < -0.39 is 23.3 Å². The molecule has 2 aromatic rings. The van der Waals surface area contributed by atoms with Gasteiger partial charge in [-0.3, -0.25) is 0 Å². The average molecular weight is 464 g/mol. The zero-order valence-corrected chi connectivity index (χ0v) is 18.7. The van der Waals surface area contributed by atoms with Gasteiger partial charge in [0.1, 0.15) is 17.2 Å². The molecule has 2 aliphatic rings. The maximum absolute atomic E-state index is 13.4. The number of hydrogen-bond acceptors (Lipinski definition) is 7. The molecule has 1 fully saturated rings. The van der Waals surface area contributed by atoms with Crippen LogP contribution in [0.25, 0.3) is 0 Å². The van der Waals surface area contributed by atoms with Gasteiger partial charge >= 0.3 is 6.18 Å². The molecule has 4 rings (SSSR count). The first-order chi connectivity index (χ1) is 15.5. The smallest absolute Gasteiger partial charge is 0.416 e. The second kappa shape index (κ2) is 8.42. The van der Waals surface area contributed by atoms with Crippen molar-refractivity contribution < 1.29 is 22.6 Å². The van der Waals surface area contributed by atoms with Gasteiger partial charge in [0.2, 0.25) is 0 Å². The topological polar surface area (TPSA) is 107 Å². The van der Waals surface area contributed by atoms with Crippen molar-refractivity contribution in [3.63, 3.8) is 0 Å². The van der Waals surface area contributed by atoms with Gasteiger partial charge in [-0.15, -0.1) is 0 Å². The number of amidine groups is 1. The Morgan fingerprint density at radius 1 is 1.27 bits per heavy atom. The number of halogens is 3. The molecule has 2 aliphatic heterocycles. The zero-order valence-electron chi connectivity index (χ0n) is 18.7. The third-order valence-electron chi connectivity index (χ3n) is 6.19. The van der Waals surface area contributed by atoms with E-state index in [1.54, 1.807) is 21.0 Å². The molecule has 6 N–H and O–H groups in total. The molecule has 0 radical (unpaired) electrons. The molecule has 0 bridgehead atoms. The van der Waals surface area contributed by atoms with Gasteiger partial charge in [0.25, 0.3) is 0 Å². The number of fused-ring (bicyclic) bond motifs is 1. The molecule has 3 atom stereocenters. The number of ether oxygens (including phenoxy) is 2. The van der Waals surface area contributed by atoms with Crippen LogP contribution in [0.15, 0.2) is 35.3 Å². The summed E-state index contributed by atoms with van der Waals surface area (Å²) in [6.07, 6.45) is -3.67. The van der Waals surface area contributed by atoms with E-state index >= 15 is 0 Å². The van der Waals surface area contributed by atoms with Crippen molar-refractivity contribution in [3.8, 4) is 5.75 Å². The summed E-state index contributed by atoms with van der Waals surface area (Å²) in [5, 5.41) is 6.62. The van der Waals surface area contributed by atoms with Crippen LogP contribution in [0, 0.1) is 0 Å². The molecule has 7 nitrogen and oxygen atoms in total. The summed E-state index contributed by atoms with van der Waals surface area (Å²) in [4.78, 5) is 4.65. The minimum atomic E-state index is -4.52. The van der Waals surface area contributed by atoms with Gasteiger partial charge in [-0.05, 0) is 43.2 Å². The van der Waals surface area contributed by atoms with Crippen LogP contribution in [0.3, 0.4) is 0 Å². The summed E-state index contributed by atoms with van der Waals surface area (Å²) in [5.41, 5.74) is 12.9. The van der Waals surface area contributed by atoms with Crippen molar-refractivity contribution in [2.75, 3.05) is 36.7 Å². The molecule has 33 heavy (non-hydrogen) atoms. The Bertz CT molecular complexity index is 1080. The number of nitrogens with zero attached hydrogens (tertiary/aromatic N) is 1. The third-order valence-corrected chi connectivity index (χ3v) is 6.19. The van der Waals surface area contributed by atoms with Crippen LogP contribution < -0.4 is 26.8 Å². The number of alkyl halides is 3. The van der Waals surface area contributed by atoms with E-state index in [4.69, 9.17) is 20.9 Å². The number of methoxy groups -OCH3 is 1. The monoisotopic (exact) mass is 463 g/mol. The second-order valence-corrected chi connectivity index (χ2v) is 8.56. The van der Waals surface area contributed by atoms with Crippen LogP contribution in [0.1, 0.15) is 42.9 Å². The lowest BCUT2D eigenvalue weighted by Gasteiger charge is -2.38. The normalized spacial score (nSPS) is 23.4. The van der Waals surface area contributed by atoms with Gasteiger partial charge in [-0.1, -0.05) is 6.92 Å². The Balaban J connectivity index is 1.80. The fourth-order valence-electron chi connectivity index (χ4n) is 4.40. The van der Waals surface area contributed by atoms with Crippen molar-refractivity contribution in [1.29, 1.82) is 0 Å². The molecule has 0 amide bonds. The Kier molecular flexibility index (Phi) is 5.92. The van der Waals surface area contributed by atoms with E-state index in [0.717, 1.165) is 18.6 Å². The minimum Gasteiger partial charge on any atom is -0.495 e. The summed E-state index contributed by atoms with van der Waals surface area (Å²) in [5.74, 6) is 0.541. The predicted octanol–water partition coefficient (Wildman–Crippen LogP) is 4.26. The van der Waals surface area contributed by atoms with Gasteiger partial charge in [-0.25, -0.2) is 4.99 Å². The number of benzene rings is 2. The molecule has 1 saturated heterocycles. The fourth-order valence-corrected chi connectivity index (χ4v) is 4.40. The van der Waals surface area contributed by atoms with Crippen LogP contribution in [0.5, 0.6) is 5.75 Å². The van der Waals surface area contributed by atoms with Crippen LogP contribution in [-0.4, -0.2) is 32.2 Å².